The molecule has 3 nitrogen and oxygen atoms in total. The molecule has 104 valence electrons. The normalized spacial score (nSPS) is 20.9. The lowest BCUT2D eigenvalue weighted by molar-refractivity contribution is 0.473. The van der Waals surface area contributed by atoms with Gasteiger partial charge in [0.25, 0.3) is 0 Å². The number of nitrogens with one attached hydrogen (secondary N) is 2. The summed E-state index contributed by atoms with van der Waals surface area (Å²) >= 11 is 1.82. The Morgan fingerprint density at radius 1 is 1.25 bits per heavy atom. The summed E-state index contributed by atoms with van der Waals surface area (Å²) in [6.07, 6.45) is 2.27. The number of phenolic OH excluding ortho intramolecular Hbond substituents is 1. The van der Waals surface area contributed by atoms with E-state index in [4.69, 9.17) is 0 Å². The molecule has 0 aliphatic carbocycles. The average molecular weight is 286 g/mol. The minimum absolute atomic E-state index is 0.366. The molecule has 1 aromatic heterocycles. The number of fused-ring (bicyclic) bond motifs is 2. The summed E-state index contributed by atoms with van der Waals surface area (Å²) in [5, 5.41) is 19.2. The Kier molecular flexibility index (Phi) is 2.93. The maximum atomic E-state index is 10.0. The molecule has 4 heteroatoms. The van der Waals surface area contributed by atoms with E-state index in [2.05, 4.69) is 22.1 Å². The third-order valence-electron chi connectivity index (χ3n) is 4.35. The van der Waals surface area contributed by atoms with Gasteiger partial charge in [-0.2, -0.15) is 0 Å². The van der Waals surface area contributed by atoms with Crippen molar-refractivity contribution in [2.24, 2.45) is 0 Å². The highest BCUT2D eigenvalue weighted by molar-refractivity contribution is 7.10. The van der Waals surface area contributed by atoms with Gasteiger partial charge in [0, 0.05) is 42.2 Å². The fourth-order valence-electron chi connectivity index (χ4n) is 3.44. The Bertz CT molecular complexity index is 650. The smallest absolute Gasteiger partial charge is 0.117 e. The van der Waals surface area contributed by atoms with Crippen LogP contribution in [0.1, 0.15) is 33.9 Å². The van der Waals surface area contributed by atoms with E-state index in [9.17, 15) is 5.11 Å². The summed E-state index contributed by atoms with van der Waals surface area (Å²) < 4.78 is 0. The van der Waals surface area contributed by atoms with Crippen LogP contribution in [0, 0.1) is 0 Å². The molecule has 0 saturated carbocycles. The lowest BCUT2D eigenvalue weighted by atomic mass is 9.83. The highest BCUT2D eigenvalue weighted by atomic mass is 32.1. The van der Waals surface area contributed by atoms with Crippen molar-refractivity contribution in [3.05, 3.63) is 45.1 Å². The number of hydrogen-bond donors (Lipinski definition) is 3. The molecular weight excluding hydrogens is 268 g/mol. The van der Waals surface area contributed by atoms with Gasteiger partial charge in [0.2, 0.25) is 0 Å². The van der Waals surface area contributed by atoms with E-state index >= 15 is 0 Å². The van der Waals surface area contributed by atoms with Crippen LogP contribution in [0.25, 0.3) is 0 Å². The molecule has 1 aromatic carbocycles. The van der Waals surface area contributed by atoms with Gasteiger partial charge in [0.1, 0.15) is 5.75 Å². The van der Waals surface area contributed by atoms with Crippen molar-refractivity contribution in [2.45, 2.75) is 25.3 Å². The molecule has 0 radical (unpaired) electrons. The standard InChI is InChI=1S/C16H18N2OS/c19-10-6-13(11-2-1-4-18-15(11)7-10)14-8-17-9-16-12(14)3-5-20-16/h3,5-7,14,17-19H,1-2,4,8-9H2. The van der Waals surface area contributed by atoms with Gasteiger partial charge in [0.05, 0.1) is 0 Å². The van der Waals surface area contributed by atoms with Crippen LogP contribution in [0.2, 0.25) is 0 Å². The van der Waals surface area contributed by atoms with Gasteiger partial charge < -0.3 is 15.7 Å². The molecule has 3 N–H and O–H groups in total. The van der Waals surface area contributed by atoms with E-state index in [0.717, 1.165) is 31.7 Å². The van der Waals surface area contributed by atoms with E-state index in [1.54, 1.807) is 0 Å². The van der Waals surface area contributed by atoms with Crippen LogP contribution in [0.3, 0.4) is 0 Å². The second kappa shape index (κ2) is 4.79. The molecule has 20 heavy (non-hydrogen) atoms. The maximum Gasteiger partial charge on any atom is 0.117 e. The number of thiophene rings is 1. The van der Waals surface area contributed by atoms with E-state index in [1.807, 2.05) is 23.5 Å². The summed E-state index contributed by atoms with van der Waals surface area (Å²) in [7, 11) is 0. The molecule has 4 rings (SSSR count). The average Bonchev–Trinajstić information content (AvgIpc) is 2.94. The molecule has 3 heterocycles. The zero-order valence-electron chi connectivity index (χ0n) is 11.3. The van der Waals surface area contributed by atoms with Crippen LogP contribution in [-0.2, 0) is 13.0 Å². The summed E-state index contributed by atoms with van der Waals surface area (Å²) in [6, 6.07) is 6.08. The van der Waals surface area contributed by atoms with Crippen LogP contribution in [0.5, 0.6) is 5.75 Å². The second-order valence-electron chi connectivity index (χ2n) is 5.57. The van der Waals surface area contributed by atoms with Gasteiger partial charge >= 0.3 is 0 Å². The highest BCUT2D eigenvalue weighted by Gasteiger charge is 2.26. The van der Waals surface area contributed by atoms with E-state index in [1.165, 1.54) is 28.0 Å². The van der Waals surface area contributed by atoms with Crippen molar-refractivity contribution >= 4 is 17.0 Å². The quantitative estimate of drug-likeness (QED) is 0.755. The molecule has 0 amide bonds. The predicted molar refractivity (Wildman–Crippen MR) is 82.8 cm³/mol. The Hall–Kier alpha value is -1.52. The molecule has 0 spiro atoms. The summed E-state index contributed by atoms with van der Waals surface area (Å²) in [5.74, 6) is 0.737. The Morgan fingerprint density at radius 3 is 3.15 bits per heavy atom. The van der Waals surface area contributed by atoms with Crippen molar-refractivity contribution in [3.8, 4) is 5.75 Å². The van der Waals surface area contributed by atoms with Gasteiger partial charge in [-0.25, -0.2) is 0 Å². The maximum absolute atomic E-state index is 10.0. The van der Waals surface area contributed by atoms with Crippen LogP contribution in [0.15, 0.2) is 23.6 Å². The van der Waals surface area contributed by atoms with Crippen LogP contribution in [0.4, 0.5) is 5.69 Å². The van der Waals surface area contributed by atoms with E-state index in [0.29, 0.717) is 11.7 Å². The summed E-state index contributed by atoms with van der Waals surface area (Å²) in [5.41, 5.74) is 5.24. The monoisotopic (exact) mass is 286 g/mol. The van der Waals surface area contributed by atoms with E-state index in [-0.39, 0.29) is 0 Å². The summed E-state index contributed by atoms with van der Waals surface area (Å²) in [6.45, 7) is 2.94. The minimum Gasteiger partial charge on any atom is -0.508 e. The summed E-state index contributed by atoms with van der Waals surface area (Å²) in [4.78, 5) is 1.43. The molecule has 1 unspecified atom stereocenters. The van der Waals surface area contributed by atoms with Crippen molar-refractivity contribution in [3.63, 3.8) is 0 Å². The number of phenols is 1. The first-order valence-electron chi connectivity index (χ1n) is 7.19. The number of hydrogen-bond acceptors (Lipinski definition) is 4. The number of rotatable bonds is 1. The molecule has 2 aromatic rings. The molecule has 0 bridgehead atoms. The predicted octanol–water partition coefficient (Wildman–Crippen LogP) is 3.05. The minimum atomic E-state index is 0.366. The first kappa shape index (κ1) is 12.2. The van der Waals surface area contributed by atoms with Crippen molar-refractivity contribution < 1.29 is 5.11 Å². The Morgan fingerprint density at radius 2 is 2.20 bits per heavy atom. The zero-order valence-corrected chi connectivity index (χ0v) is 12.1. The third kappa shape index (κ3) is 1.91. The van der Waals surface area contributed by atoms with Gasteiger partial charge in [-0.1, -0.05) is 0 Å². The number of aromatic hydroxyl groups is 1. The third-order valence-corrected chi connectivity index (χ3v) is 5.29. The number of anilines is 1. The highest BCUT2D eigenvalue weighted by Crippen LogP contribution is 2.40. The van der Waals surface area contributed by atoms with Crippen LogP contribution in [-0.4, -0.2) is 18.2 Å². The number of benzene rings is 1. The van der Waals surface area contributed by atoms with Crippen molar-refractivity contribution in [2.75, 3.05) is 18.4 Å². The van der Waals surface area contributed by atoms with Gasteiger partial charge in [-0.15, -0.1) is 11.3 Å². The van der Waals surface area contributed by atoms with Crippen LogP contribution >= 0.6 is 11.3 Å². The first-order valence-corrected chi connectivity index (χ1v) is 8.07. The van der Waals surface area contributed by atoms with E-state index < -0.39 is 0 Å². The topological polar surface area (TPSA) is 44.3 Å². The fraction of sp³-hybridized carbons (Fsp3) is 0.375. The lowest BCUT2D eigenvalue weighted by Crippen LogP contribution is -2.28. The zero-order chi connectivity index (χ0) is 13.5. The SMILES string of the molecule is Oc1cc2c(c(C3CNCc4sccc43)c1)CCCN2. The van der Waals surface area contributed by atoms with Crippen LogP contribution < -0.4 is 10.6 Å². The fourth-order valence-corrected chi connectivity index (χ4v) is 4.35. The first-order chi connectivity index (χ1) is 9.83. The molecule has 2 aliphatic rings. The molecular formula is C16H18N2OS. The molecule has 0 fully saturated rings. The Balaban J connectivity index is 1.85. The van der Waals surface area contributed by atoms with Crippen molar-refractivity contribution in [1.82, 2.24) is 5.32 Å². The van der Waals surface area contributed by atoms with Gasteiger partial charge in [0.15, 0.2) is 0 Å². The molecule has 1 atom stereocenters. The molecule has 0 saturated heterocycles. The Labute approximate surface area is 122 Å². The molecule has 2 aliphatic heterocycles. The largest absolute Gasteiger partial charge is 0.508 e. The van der Waals surface area contributed by atoms with Crippen molar-refractivity contribution in [1.29, 1.82) is 0 Å². The second-order valence-corrected chi connectivity index (χ2v) is 6.57. The van der Waals surface area contributed by atoms with Gasteiger partial charge in [-0.05, 0) is 47.0 Å². The van der Waals surface area contributed by atoms with Gasteiger partial charge in [-0.3, -0.25) is 0 Å². The lowest BCUT2D eigenvalue weighted by Gasteiger charge is -2.29.